The Morgan fingerprint density at radius 1 is 0.697 bits per heavy atom. The maximum absolute atomic E-state index is 11.6. The second kappa shape index (κ2) is 7.45. The van der Waals surface area contributed by atoms with E-state index in [1.54, 1.807) is 0 Å². The van der Waals surface area contributed by atoms with Gasteiger partial charge < -0.3 is 71.5 Å². The summed E-state index contributed by atoms with van der Waals surface area (Å²) in [5.74, 6) is -21.9. The minimum Gasteiger partial charge on any atom is -0.375 e. The molecular weight excluding hydrogens is 478 g/mol. The van der Waals surface area contributed by atoms with Gasteiger partial charge in [-0.15, -0.1) is 0 Å². The molecule has 0 aromatic heterocycles. The van der Waals surface area contributed by atoms with Crippen molar-refractivity contribution in [3.8, 4) is 0 Å². The zero-order valence-electron chi connectivity index (χ0n) is 17.1. The first-order valence-corrected chi connectivity index (χ1v) is 9.34. The number of nitrogens with zero attached hydrogens (tertiary/aromatic N) is 1. The lowest BCUT2D eigenvalue weighted by Crippen LogP contribution is -3.00. The summed E-state index contributed by atoms with van der Waals surface area (Å²) in [6, 6.07) is 3.71. The quantitative estimate of drug-likeness (QED) is 0.154. The van der Waals surface area contributed by atoms with Crippen molar-refractivity contribution in [2.75, 3.05) is 14.1 Å². The molecular formula is C17H26ClNO14. The van der Waals surface area contributed by atoms with E-state index >= 15 is 0 Å². The highest BCUT2D eigenvalue weighted by molar-refractivity contribution is 6.30. The first-order valence-electron chi connectivity index (χ1n) is 8.97. The molecule has 0 saturated heterocycles. The van der Waals surface area contributed by atoms with Crippen molar-refractivity contribution in [2.45, 2.75) is 52.5 Å². The summed E-state index contributed by atoms with van der Waals surface area (Å²) in [5, 5.41) is 142. The van der Waals surface area contributed by atoms with Crippen molar-refractivity contribution >= 4 is 11.6 Å². The molecule has 0 bridgehead atoms. The van der Waals surface area contributed by atoms with Crippen molar-refractivity contribution in [3.63, 3.8) is 0 Å². The molecule has 15 nitrogen and oxygen atoms in total. The van der Waals surface area contributed by atoms with Gasteiger partial charge in [0.15, 0.2) is 5.41 Å². The molecule has 2 rings (SSSR count). The Bertz CT molecular complexity index is 856. The fourth-order valence-corrected chi connectivity index (χ4v) is 4.41. The van der Waals surface area contributed by atoms with Gasteiger partial charge in [0.1, 0.15) is 5.72 Å². The smallest absolute Gasteiger partial charge is 0.314 e. The minimum absolute atomic E-state index is 0.0134. The van der Waals surface area contributed by atoms with Gasteiger partial charge >= 0.3 is 11.9 Å². The van der Waals surface area contributed by atoms with E-state index in [4.69, 9.17) is 11.6 Å². The fraction of sp³-hybridized carbons (Fsp3) is 0.647. The molecule has 1 aromatic rings. The lowest BCUT2D eigenvalue weighted by molar-refractivity contribution is -0.595. The predicted octanol–water partition coefficient (Wildman–Crippen LogP) is -6.73. The Morgan fingerprint density at radius 3 is 1.36 bits per heavy atom. The summed E-state index contributed by atoms with van der Waals surface area (Å²) >= 11 is 5.76. The van der Waals surface area contributed by atoms with Crippen LogP contribution in [0.1, 0.15) is 12.0 Å². The zero-order chi connectivity index (χ0) is 26.3. The molecule has 1 atom stereocenters. The van der Waals surface area contributed by atoms with Crippen LogP contribution in [-0.2, 0) is 5.41 Å². The summed E-state index contributed by atoms with van der Waals surface area (Å²) in [6.45, 7) is 0. The van der Waals surface area contributed by atoms with Gasteiger partial charge in [0.2, 0.25) is 17.2 Å². The van der Waals surface area contributed by atoms with Gasteiger partial charge in [-0.2, -0.15) is 0 Å². The van der Waals surface area contributed by atoms with E-state index < -0.39 is 58.0 Å². The standard InChI is InChI=1S/C17H26ClNO14/c1-19(2)11(21,7-10(20,16(28,29)30)17(31,32)33)12(8-3-5-9(18)6-4-8)13(22,23)15(26,27)14(12,24)25/h3-6,20-33H,7H2,1-2H3. The van der Waals surface area contributed by atoms with Crippen LogP contribution in [-0.4, -0.2) is 131 Å². The molecule has 1 fully saturated rings. The number of likely N-dealkylation sites (N-methyl/N-ethyl adjacent to an activating group) is 1. The molecule has 0 radical (unpaired) electrons. The van der Waals surface area contributed by atoms with Crippen LogP contribution >= 0.6 is 11.6 Å². The van der Waals surface area contributed by atoms with E-state index in [-0.39, 0.29) is 5.02 Å². The van der Waals surface area contributed by atoms with Crippen LogP contribution in [0.5, 0.6) is 0 Å². The van der Waals surface area contributed by atoms with Crippen LogP contribution in [0.4, 0.5) is 0 Å². The minimum atomic E-state index is -4.66. The van der Waals surface area contributed by atoms with Crippen molar-refractivity contribution < 1.29 is 71.5 Å². The van der Waals surface area contributed by atoms with E-state index in [0.717, 1.165) is 38.4 Å². The van der Waals surface area contributed by atoms with Gasteiger partial charge in [-0.3, -0.25) is 4.90 Å². The predicted molar refractivity (Wildman–Crippen MR) is 102 cm³/mol. The number of benzene rings is 1. The van der Waals surface area contributed by atoms with Gasteiger partial charge in [-0.1, -0.05) is 23.7 Å². The van der Waals surface area contributed by atoms with Gasteiger partial charge in [-0.05, 0) is 31.8 Å². The highest BCUT2D eigenvalue weighted by Gasteiger charge is 2.96. The maximum atomic E-state index is 11.6. The molecule has 1 aromatic carbocycles. The van der Waals surface area contributed by atoms with Crippen LogP contribution in [0.3, 0.4) is 0 Å². The summed E-state index contributed by atoms with van der Waals surface area (Å²) < 4.78 is 0. The molecule has 190 valence electrons. The number of halogens is 1. The fourth-order valence-electron chi connectivity index (χ4n) is 4.28. The van der Waals surface area contributed by atoms with Crippen molar-refractivity contribution in [1.82, 2.24) is 4.90 Å². The van der Waals surface area contributed by atoms with Crippen LogP contribution < -0.4 is 0 Å². The maximum Gasteiger partial charge on any atom is 0.314 e. The summed E-state index contributed by atoms with van der Waals surface area (Å²) in [6.07, 6.45) is -2.15. The largest absolute Gasteiger partial charge is 0.375 e. The van der Waals surface area contributed by atoms with Gasteiger partial charge in [0, 0.05) is 11.4 Å². The normalized spacial score (nSPS) is 23.7. The molecule has 1 unspecified atom stereocenters. The average molecular weight is 504 g/mol. The summed E-state index contributed by atoms with van der Waals surface area (Å²) in [5.41, 5.74) is -12.4. The second-order valence-corrected chi connectivity index (χ2v) is 8.73. The molecule has 0 aliphatic heterocycles. The summed E-state index contributed by atoms with van der Waals surface area (Å²) in [7, 11) is 1.70. The van der Waals surface area contributed by atoms with Crippen LogP contribution in [0.15, 0.2) is 24.3 Å². The Hall–Kier alpha value is -1.09. The molecule has 14 N–H and O–H groups in total. The number of hydrogen-bond acceptors (Lipinski definition) is 15. The monoisotopic (exact) mass is 503 g/mol. The average Bonchev–Trinajstić information content (AvgIpc) is 2.60. The van der Waals surface area contributed by atoms with Crippen molar-refractivity contribution in [2.24, 2.45) is 0 Å². The van der Waals surface area contributed by atoms with E-state index in [0.29, 0.717) is 4.90 Å². The third-order valence-corrected chi connectivity index (χ3v) is 6.50. The highest BCUT2D eigenvalue weighted by Crippen LogP contribution is 2.67. The van der Waals surface area contributed by atoms with Crippen LogP contribution in [0.25, 0.3) is 0 Å². The van der Waals surface area contributed by atoms with Crippen molar-refractivity contribution in [1.29, 1.82) is 0 Å². The Morgan fingerprint density at radius 2 is 1.06 bits per heavy atom. The van der Waals surface area contributed by atoms with Gasteiger partial charge in [-0.25, -0.2) is 0 Å². The number of hydrogen-bond donors (Lipinski definition) is 14. The van der Waals surface area contributed by atoms with Gasteiger partial charge in [0.25, 0.3) is 5.79 Å². The van der Waals surface area contributed by atoms with E-state index in [1.807, 2.05) is 0 Å². The Labute approximate surface area is 190 Å². The molecule has 0 heterocycles. The first kappa shape index (κ1) is 28.1. The lowest BCUT2D eigenvalue weighted by atomic mass is 9.44. The van der Waals surface area contributed by atoms with Gasteiger partial charge in [0.05, 0.1) is 0 Å². The highest BCUT2D eigenvalue weighted by atomic mass is 35.5. The van der Waals surface area contributed by atoms with Crippen LogP contribution in [0, 0.1) is 0 Å². The molecule has 0 amide bonds. The van der Waals surface area contributed by atoms with Crippen molar-refractivity contribution in [3.05, 3.63) is 34.9 Å². The molecule has 1 aliphatic rings. The SMILES string of the molecule is CN(C)C(O)(CC(O)(C(O)(O)O)C(O)(O)O)C1(c2ccc(Cl)cc2)C(O)(O)C(O)(O)C1(O)O. The third-order valence-electron chi connectivity index (χ3n) is 6.25. The van der Waals surface area contributed by atoms with Crippen LogP contribution in [0.2, 0.25) is 5.02 Å². The zero-order valence-corrected chi connectivity index (χ0v) is 17.9. The topological polar surface area (TPSA) is 286 Å². The third kappa shape index (κ3) is 3.20. The Kier molecular flexibility index (Phi) is 6.36. The molecule has 33 heavy (non-hydrogen) atoms. The number of aliphatic hydroxyl groups is 14. The number of rotatable bonds is 7. The molecule has 16 heteroatoms. The first-order chi connectivity index (χ1) is 14.4. The van der Waals surface area contributed by atoms with E-state index in [9.17, 15) is 71.5 Å². The van der Waals surface area contributed by atoms with E-state index in [2.05, 4.69) is 0 Å². The van der Waals surface area contributed by atoms with E-state index in [1.165, 1.54) is 0 Å². The molecule has 0 spiro atoms. The second-order valence-electron chi connectivity index (χ2n) is 8.29. The Balaban J connectivity index is 3.01. The molecule has 1 aliphatic carbocycles. The molecule has 1 saturated carbocycles. The lowest BCUT2D eigenvalue weighted by Gasteiger charge is -2.72. The summed E-state index contributed by atoms with van der Waals surface area (Å²) in [4.78, 5) is 0.418.